The van der Waals surface area contributed by atoms with Crippen LogP contribution in [0.3, 0.4) is 0 Å². The summed E-state index contributed by atoms with van der Waals surface area (Å²) in [6, 6.07) is 7.60. The summed E-state index contributed by atoms with van der Waals surface area (Å²) in [4.78, 5) is 16.2. The molecule has 7 nitrogen and oxygen atoms in total. The van der Waals surface area contributed by atoms with Crippen molar-refractivity contribution in [3.05, 3.63) is 29.8 Å². The van der Waals surface area contributed by atoms with E-state index in [0.717, 1.165) is 24.3 Å². The molecule has 0 aliphatic rings. The molecule has 1 unspecified atom stereocenters. The van der Waals surface area contributed by atoms with Crippen LogP contribution in [-0.2, 0) is 16.1 Å². The molecule has 1 aromatic rings. The van der Waals surface area contributed by atoms with Crippen molar-refractivity contribution >= 4 is 35.8 Å². The normalized spacial score (nSPS) is 12.1. The minimum atomic E-state index is -0.0943. The molecule has 8 heteroatoms. The Morgan fingerprint density at radius 3 is 2.36 bits per heavy atom. The third-order valence-electron chi connectivity index (χ3n) is 4.13. The number of rotatable bonds is 11. The van der Waals surface area contributed by atoms with Gasteiger partial charge in [-0.15, -0.1) is 24.0 Å². The summed E-state index contributed by atoms with van der Waals surface area (Å²) in [5.74, 6) is 1.77. The predicted octanol–water partition coefficient (Wildman–Crippen LogP) is 2.55. The van der Waals surface area contributed by atoms with E-state index in [1.54, 1.807) is 14.2 Å². The summed E-state index contributed by atoms with van der Waals surface area (Å²) in [6.45, 7) is 8.39. The Morgan fingerprint density at radius 2 is 1.82 bits per heavy atom. The highest BCUT2D eigenvalue weighted by molar-refractivity contribution is 14.0. The zero-order chi connectivity index (χ0) is 20.1. The van der Waals surface area contributed by atoms with Gasteiger partial charge in [0.05, 0.1) is 19.8 Å². The molecule has 0 saturated carbocycles. The molecular weight excluding hydrogens is 471 g/mol. The van der Waals surface area contributed by atoms with Crippen LogP contribution in [0.1, 0.15) is 32.8 Å². The first kappa shape index (κ1) is 26.4. The fraction of sp³-hybridized carbons (Fsp3) is 0.600. The Labute approximate surface area is 186 Å². The number of carbonyl (C=O) groups excluding carboxylic acids is 1. The molecular formula is C20H35IN4O3. The molecule has 0 aromatic heterocycles. The molecule has 0 aliphatic carbocycles. The highest BCUT2D eigenvalue weighted by Crippen LogP contribution is 2.11. The van der Waals surface area contributed by atoms with Crippen molar-refractivity contribution in [2.24, 2.45) is 10.9 Å². The monoisotopic (exact) mass is 506 g/mol. The summed E-state index contributed by atoms with van der Waals surface area (Å²) >= 11 is 0. The van der Waals surface area contributed by atoms with Gasteiger partial charge in [0.25, 0.3) is 0 Å². The summed E-state index contributed by atoms with van der Waals surface area (Å²) in [6.07, 6.45) is 1.10. The number of aliphatic imine (C=N–C) groups is 1. The molecule has 1 atom stereocenters. The van der Waals surface area contributed by atoms with Crippen molar-refractivity contribution in [3.63, 3.8) is 0 Å². The lowest BCUT2D eigenvalue weighted by atomic mass is 10.0. The standard InChI is InChI=1S/C20H34N4O3.HI/c1-6-27-18(15(2)3)11-12-22-20(21-4)24-14-19(25)23-13-16-7-9-17(26-5)10-8-16;/h7-10,15,18H,6,11-14H2,1-5H3,(H,23,25)(H2,21,22,24);1H. The Kier molecular flexibility index (Phi) is 14.5. The number of benzene rings is 1. The van der Waals surface area contributed by atoms with Crippen LogP contribution in [0.4, 0.5) is 0 Å². The summed E-state index contributed by atoms with van der Waals surface area (Å²) in [5.41, 5.74) is 1.02. The van der Waals surface area contributed by atoms with Crippen molar-refractivity contribution in [1.29, 1.82) is 0 Å². The van der Waals surface area contributed by atoms with Crippen molar-refractivity contribution in [2.45, 2.75) is 39.8 Å². The Balaban J connectivity index is 0.00000729. The van der Waals surface area contributed by atoms with Crippen LogP contribution in [0, 0.1) is 5.92 Å². The summed E-state index contributed by atoms with van der Waals surface area (Å²) in [5, 5.41) is 9.12. The number of halogens is 1. The molecule has 0 bridgehead atoms. The largest absolute Gasteiger partial charge is 0.497 e. The number of ether oxygens (including phenoxy) is 2. The van der Waals surface area contributed by atoms with Crippen LogP contribution in [0.2, 0.25) is 0 Å². The molecule has 28 heavy (non-hydrogen) atoms. The quantitative estimate of drug-likeness (QED) is 0.244. The van der Waals surface area contributed by atoms with Gasteiger partial charge in [0.15, 0.2) is 5.96 Å². The zero-order valence-electron chi connectivity index (χ0n) is 17.6. The van der Waals surface area contributed by atoms with E-state index in [1.165, 1.54) is 0 Å². The van der Waals surface area contributed by atoms with E-state index in [-0.39, 0.29) is 42.5 Å². The van der Waals surface area contributed by atoms with E-state index in [0.29, 0.717) is 25.0 Å². The summed E-state index contributed by atoms with van der Waals surface area (Å²) < 4.78 is 10.9. The molecule has 3 N–H and O–H groups in total. The number of nitrogens with one attached hydrogen (secondary N) is 3. The fourth-order valence-electron chi connectivity index (χ4n) is 2.55. The second kappa shape index (κ2) is 15.4. The second-order valence-corrected chi connectivity index (χ2v) is 6.50. The third kappa shape index (κ3) is 10.7. The predicted molar refractivity (Wildman–Crippen MR) is 124 cm³/mol. The third-order valence-corrected chi connectivity index (χ3v) is 4.13. The van der Waals surface area contributed by atoms with E-state index in [1.807, 2.05) is 31.2 Å². The van der Waals surface area contributed by atoms with Gasteiger partial charge in [0, 0.05) is 26.7 Å². The topological polar surface area (TPSA) is 84.0 Å². The van der Waals surface area contributed by atoms with Crippen molar-refractivity contribution in [2.75, 3.05) is 33.9 Å². The first-order valence-corrected chi connectivity index (χ1v) is 9.45. The van der Waals surface area contributed by atoms with Gasteiger partial charge in [0.1, 0.15) is 5.75 Å². The molecule has 1 amide bonds. The molecule has 0 fully saturated rings. The fourth-order valence-corrected chi connectivity index (χ4v) is 2.55. The molecule has 0 heterocycles. The van der Waals surface area contributed by atoms with E-state index in [4.69, 9.17) is 9.47 Å². The highest BCUT2D eigenvalue weighted by atomic mass is 127. The molecule has 1 aromatic carbocycles. The average molecular weight is 506 g/mol. The lowest BCUT2D eigenvalue weighted by Gasteiger charge is -2.21. The van der Waals surface area contributed by atoms with Gasteiger partial charge in [0.2, 0.25) is 5.91 Å². The molecule has 160 valence electrons. The molecule has 0 saturated heterocycles. The maximum Gasteiger partial charge on any atom is 0.239 e. The van der Waals surface area contributed by atoms with Gasteiger partial charge in [-0.25, -0.2) is 0 Å². The van der Waals surface area contributed by atoms with Crippen molar-refractivity contribution < 1.29 is 14.3 Å². The Morgan fingerprint density at radius 1 is 1.14 bits per heavy atom. The number of carbonyl (C=O) groups is 1. The molecule has 0 spiro atoms. The van der Waals surface area contributed by atoms with Gasteiger partial charge in [-0.05, 0) is 37.0 Å². The SMILES string of the molecule is CCOC(CCNC(=NC)NCC(=O)NCc1ccc(OC)cc1)C(C)C.I. The minimum Gasteiger partial charge on any atom is -0.497 e. The average Bonchev–Trinajstić information content (AvgIpc) is 2.68. The van der Waals surface area contributed by atoms with Crippen LogP contribution in [0.25, 0.3) is 0 Å². The molecule has 0 aliphatic heterocycles. The van der Waals surface area contributed by atoms with Crippen LogP contribution < -0.4 is 20.7 Å². The Hall–Kier alpha value is -1.55. The zero-order valence-corrected chi connectivity index (χ0v) is 19.9. The number of methoxy groups -OCH3 is 1. The summed E-state index contributed by atoms with van der Waals surface area (Å²) in [7, 11) is 3.32. The van der Waals surface area contributed by atoms with Crippen molar-refractivity contribution in [1.82, 2.24) is 16.0 Å². The Bertz CT molecular complexity index is 579. The minimum absolute atomic E-state index is 0. The second-order valence-electron chi connectivity index (χ2n) is 6.50. The van der Waals surface area contributed by atoms with Crippen LogP contribution in [-0.4, -0.2) is 51.8 Å². The number of amides is 1. The van der Waals surface area contributed by atoms with Gasteiger partial charge in [-0.2, -0.15) is 0 Å². The smallest absolute Gasteiger partial charge is 0.239 e. The molecule has 1 rings (SSSR count). The van der Waals surface area contributed by atoms with E-state index in [9.17, 15) is 4.79 Å². The lowest BCUT2D eigenvalue weighted by molar-refractivity contribution is -0.120. The van der Waals surface area contributed by atoms with Crippen LogP contribution in [0.15, 0.2) is 29.3 Å². The number of hydrogen-bond acceptors (Lipinski definition) is 4. The van der Waals surface area contributed by atoms with E-state index >= 15 is 0 Å². The van der Waals surface area contributed by atoms with Crippen LogP contribution in [0.5, 0.6) is 5.75 Å². The first-order valence-electron chi connectivity index (χ1n) is 9.45. The van der Waals surface area contributed by atoms with Gasteiger partial charge >= 0.3 is 0 Å². The van der Waals surface area contributed by atoms with E-state index in [2.05, 4.69) is 34.8 Å². The maximum absolute atomic E-state index is 12.0. The first-order chi connectivity index (χ1) is 13.0. The number of hydrogen-bond donors (Lipinski definition) is 3. The van der Waals surface area contributed by atoms with Gasteiger partial charge < -0.3 is 25.4 Å². The van der Waals surface area contributed by atoms with Gasteiger partial charge in [-0.1, -0.05) is 26.0 Å². The van der Waals surface area contributed by atoms with Crippen molar-refractivity contribution in [3.8, 4) is 5.75 Å². The highest BCUT2D eigenvalue weighted by Gasteiger charge is 2.13. The lowest BCUT2D eigenvalue weighted by Crippen LogP contribution is -2.44. The van der Waals surface area contributed by atoms with Crippen LogP contribution >= 0.6 is 24.0 Å². The number of guanidine groups is 1. The molecule has 0 radical (unpaired) electrons. The van der Waals surface area contributed by atoms with E-state index < -0.39 is 0 Å². The number of nitrogens with zero attached hydrogens (tertiary/aromatic N) is 1. The van der Waals surface area contributed by atoms with Gasteiger partial charge in [-0.3, -0.25) is 9.79 Å². The maximum atomic E-state index is 12.0.